The second kappa shape index (κ2) is 5.61. The fourth-order valence-electron chi connectivity index (χ4n) is 1.19. The predicted octanol–water partition coefficient (Wildman–Crippen LogP) is 1.03. The van der Waals surface area contributed by atoms with E-state index in [9.17, 15) is 8.42 Å². The zero-order valence-electron chi connectivity index (χ0n) is 8.88. The molecule has 3 N–H and O–H groups in total. The van der Waals surface area contributed by atoms with Gasteiger partial charge in [0.1, 0.15) is 0 Å². The van der Waals surface area contributed by atoms with Gasteiger partial charge < -0.3 is 11.1 Å². The molecule has 0 amide bonds. The van der Waals surface area contributed by atoms with Crippen molar-refractivity contribution in [1.82, 2.24) is 0 Å². The fraction of sp³-hybridized carbons (Fsp3) is 0.200. The van der Waals surface area contributed by atoms with Crippen LogP contribution in [0.5, 0.6) is 0 Å². The van der Waals surface area contributed by atoms with Crippen molar-refractivity contribution in [3.05, 3.63) is 24.3 Å². The average Bonchev–Trinajstić information content (AvgIpc) is 2.26. The quantitative estimate of drug-likeness (QED) is 0.792. The number of anilines is 1. The first-order valence-corrected chi connectivity index (χ1v) is 6.78. The summed E-state index contributed by atoms with van der Waals surface area (Å²) in [5, 5.41) is 11.2. The molecule has 0 fully saturated rings. The lowest BCUT2D eigenvalue weighted by Gasteiger charge is -2.05. The van der Waals surface area contributed by atoms with Crippen molar-refractivity contribution in [2.24, 2.45) is 5.73 Å². The van der Waals surface area contributed by atoms with Gasteiger partial charge in [0, 0.05) is 12.1 Å². The molecule has 7 heteroatoms. The topological polar surface area (TPSA) is 96.0 Å². The minimum absolute atomic E-state index is 0.0186. The molecular weight excluding hydrogens is 258 g/mol. The van der Waals surface area contributed by atoms with E-state index in [4.69, 9.17) is 11.0 Å². The summed E-state index contributed by atoms with van der Waals surface area (Å²) >= 11 is 4.65. The number of thiocarbonyl (C=S) groups is 1. The molecule has 1 aromatic carbocycles. The van der Waals surface area contributed by atoms with E-state index in [-0.39, 0.29) is 22.2 Å². The van der Waals surface area contributed by atoms with Gasteiger partial charge in [-0.05, 0) is 36.5 Å². The van der Waals surface area contributed by atoms with Gasteiger partial charge in [0.05, 0.1) is 16.7 Å². The normalized spacial score (nSPS) is 10.5. The molecule has 0 unspecified atom stereocenters. The van der Waals surface area contributed by atoms with E-state index in [0.717, 1.165) is 0 Å². The van der Waals surface area contributed by atoms with Gasteiger partial charge in [-0.15, -0.1) is 0 Å². The van der Waals surface area contributed by atoms with Crippen LogP contribution in [0.1, 0.15) is 6.42 Å². The van der Waals surface area contributed by atoms with Crippen molar-refractivity contribution in [1.29, 1.82) is 5.26 Å². The highest BCUT2D eigenvalue weighted by molar-refractivity contribution is 7.91. The number of nitrogens with one attached hydrogen (secondary N) is 1. The molecule has 90 valence electrons. The molecule has 0 spiro atoms. The van der Waals surface area contributed by atoms with Crippen LogP contribution in [-0.2, 0) is 9.84 Å². The third-order valence-corrected chi connectivity index (χ3v) is 3.80. The first kappa shape index (κ1) is 13.4. The summed E-state index contributed by atoms with van der Waals surface area (Å²) in [6.45, 7) is 0. The van der Waals surface area contributed by atoms with Crippen LogP contribution in [0.25, 0.3) is 0 Å². The molecule has 0 aliphatic rings. The van der Waals surface area contributed by atoms with E-state index < -0.39 is 9.84 Å². The molecule has 0 saturated carbocycles. The third-order valence-electron chi connectivity index (χ3n) is 1.96. The van der Waals surface area contributed by atoms with E-state index in [1.807, 2.05) is 0 Å². The highest BCUT2D eigenvalue weighted by Gasteiger charge is 2.13. The Kier molecular flexibility index (Phi) is 4.43. The maximum atomic E-state index is 11.7. The lowest BCUT2D eigenvalue weighted by Crippen LogP contribution is -2.18. The Labute approximate surface area is 105 Å². The molecule has 5 nitrogen and oxygen atoms in total. The van der Waals surface area contributed by atoms with Crippen LogP contribution in [0.2, 0.25) is 0 Å². The van der Waals surface area contributed by atoms with Gasteiger partial charge in [0.2, 0.25) is 0 Å². The van der Waals surface area contributed by atoms with Gasteiger partial charge >= 0.3 is 0 Å². The lowest BCUT2D eigenvalue weighted by molar-refractivity contribution is 0.596. The molecule has 0 bridgehead atoms. The second-order valence-electron chi connectivity index (χ2n) is 3.24. The number of rotatable bonds is 4. The summed E-state index contributed by atoms with van der Waals surface area (Å²) in [4.78, 5) is 0.182. The summed E-state index contributed by atoms with van der Waals surface area (Å²) in [6.07, 6.45) is -0.0186. The average molecular weight is 269 g/mol. The maximum absolute atomic E-state index is 11.7. The van der Waals surface area contributed by atoms with Crippen LogP contribution in [-0.4, -0.2) is 19.3 Å². The molecule has 0 aliphatic carbocycles. The van der Waals surface area contributed by atoms with Crippen LogP contribution >= 0.6 is 12.2 Å². The first-order valence-electron chi connectivity index (χ1n) is 4.72. The van der Waals surface area contributed by atoms with Gasteiger partial charge in [0.25, 0.3) is 0 Å². The molecule has 0 aromatic heterocycles. The molecule has 0 saturated heterocycles. The van der Waals surface area contributed by atoms with Gasteiger partial charge in [-0.1, -0.05) is 0 Å². The summed E-state index contributed by atoms with van der Waals surface area (Å²) in [5.41, 5.74) is 5.90. The fourth-order valence-corrected chi connectivity index (χ4v) is 2.45. The third kappa shape index (κ3) is 4.01. The molecule has 0 heterocycles. The molecule has 17 heavy (non-hydrogen) atoms. The Morgan fingerprint density at radius 1 is 1.41 bits per heavy atom. The monoisotopic (exact) mass is 269 g/mol. The number of benzene rings is 1. The highest BCUT2D eigenvalue weighted by atomic mass is 32.2. The van der Waals surface area contributed by atoms with Crippen molar-refractivity contribution in [3.8, 4) is 6.07 Å². The van der Waals surface area contributed by atoms with Gasteiger partial charge in [0.15, 0.2) is 14.9 Å². The number of hydrogen-bond donors (Lipinski definition) is 2. The molecule has 0 radical (unpaired) electrons. The van der Waals surface area contributed by atoms with Crippen LogP contribution < -0.4 is 11.1 Å². The summed E-state index contributed by atoms with van der Waals surface area (Å²) in [7, 11) is -3.38. The molecule has 0 atom stereocenters. The highest BCUT2D eigenvalue weighted by Crippen LogP contribution is 2.15. The number of nitriles is 1. The van der Waals surface area contributed by atoms with E-state index in [1.165, 1.54) is 12.1 Å². The van der Waals surface area contributed by atoms with E-state index in [1.54, 1.807) is 18.2 Å². The summed E-state index contributed by atoms with van der Waals surface area (Å²) < 4.78 is 23.4. The van der Waals surface area contributed by atoms with Gasteiger partial charge in [-0.2, -0.15) is 5.26 Å². The predicted molar refractivity (Wildman–Crippen MR) is 69.1 cm³/mol. The van der Waals surface area contributed by atoms with Crippen molar-refractivity contribution >= 4 is 32.9 Å². The van der Waals surface area contributed by atoms with Gasteiger partial charge in [-0.3, -0.25) is 0 Å². The van der Waals surface area contributed by atoms with Crippen LogP contribution in [0.4, 0.5) is 5.69 Å². The lowest BCUT2D eigenvalue weighted by atomic mass is 10.3. The SMILES string of the molecule is N#CCCS(=O)(=O)c1ccc(NC(N)=S)cc1. The first-order chi connectivity index (χ1) is 7.95. The van der Waals surface area contributed by atoms with Gasteiger partial charge in [-0.25, -0.2) is 8.42 Å². The molecule has 0 aliphatic heterocycles. The van der Waals surface area contributed by atoms with E-state index >= 15 is 0 Å². The van der Waals surface area contributed by atoms with E-state index in [0.29, 0.717) is 5.69 Å². The maximum Gasteiger partial charge on any atom is 0.179 e. The Morgan fingerprint density at radius 3 is 2.47 bits per heavy atom. The molecule has 1 aromatic rings. The summed E-state index contributed by atoms with van der Waals surface area (Å²) in [6, 6.07) is 7.85. The van der Waals surface area contributed by atoms with Crippen molar-refractivity contribution in [2.45, 2.75) is 11.3 Å². The number of sulfone groups is 1. The zero-order valence-corrected chi connectivity index (χ0v) is 10.5. The number of hydrogen-bond acceptors (Lipinski definition) is 4. The standard InChI is InChI=1S/C10H11N3O2S2/c11-6-1-7-17(14,15)9-4-2-8(3-5-9)13-10(12)16/h2-5H,1,7H2,(H3,12,13,16). The largest absolute Gasteiger partial charge is 0.376 e. The van der Waals surface area contributed by atoms with Crippen LogP contribution in [0.15, 0.2) is 29.2 Å². The molecular formula is C10H11N3O2S2. The minimum atomic E-state index is -3.38. The summed E-state index contributed by atoms with van der Waals surface area (Å²) in [5.74, 6) is -0.175. The number of nitrogens with zero attached hydrogens (tertiary/aromatic N) is 1. The van der Waals surface area contributed by atoms with Crippen molar-refractivity contribution in [2.75, 3.05) is 11.1 Å². The smallest absolute Gasteiger partial charge is 0.179 e. The molecule has 1 rings (SSSR count). The Bertz CT molecular complexity index is 544. The number of nitrogens with two attached hydrogens (primary N) is 1. The zero-order chi connectivity index (χ0) is 12.9. The van der Waals surface area contributed by atoms with Crippen LogP contribution in [0.3, 0.4) is 0 Å². The Balaban J connectivity index is 2.88. The van der Waals surface area contributed by atoms with E-state index in [2.05, 4.69) is 17.5 Å². The minimum Gasteiger partial charge on any atom is -0.376 e. The van der Waals surface area contributed by atoms with Crippen molar-refractivity contribution in [3.63, 3.8) is 0 Å². The second-order valence-corrected chi connectivity index (χ2v) is 5.79. The van der Waals surface area contributed by atoms with Crippen molar-refractivity contribution < 1.29 is 8.42 Å². The Morgan fingerprint density at radius 2 is 2.00 bits per heavy atom. The Hall–Kier alpha value is -1.65. The van der Waals surface area contributed by atoms with Crippen LogP contribution in [0, 0.1) is 11.3 Å².